The number of carbonyl (C=O) groups is 1. The van der Waals surface area contributed by atoms with Crippen molar-refractivity contribution in [3.63, 3.8) is 0 Å². The first-order valence-corrected chi connectivity index (χ1v) is 12.3. The van der Waals surface area contributed by atoms with E-state index in [4.69, 9.17) is 11.6 Å². The molecule has 1 amide bonds. The van der Waals surface area contributed by atoms with E-state index in [0.717, 1.165) is 37.7 Å². The van der Waals surface area contributed by atoms with E-state index < -0.39 is 39.2 Å². The van der Waals surface area contributed by atoms with Gasteiger partial charge in [0.05, 0.1) is 22.5 Å². The van der Waals surface area contributed by atoms with Gasteiger partial charge in [-0.3, -0.25) is 9.10 Å². The fraction of sp³-hybridized carbons (Fsp3) is 0.409. The zero-order valence-electron chi connectivity index (χ0n) is 17.5. The van der Waals surface area contributed by atoms with Crippen molar-refractivity contribution in [1.82, 2.24) is 4.90 Å². The molecule has 3 rings (SSSR count). The number of rotatable bonds is 6. The normalized spacial score (nSPS) is 15.6. The van der Waals surface area contributed by atoms with Gasteiger partial charge < -0.3 is 4.90 Å². The van der Waals surface area contributed by atoms with Crippen LogP contribution >= 0.6 is 11.6 Å². The zero-order chi connectivity index (χ0) is 23.5. The molecule has 0 unspecified atom stereocenters. The lowest BCUT2D eigenvalue weighted by Gasteiger charge is -2.33. The van der Waals surface area contributed by atoms with Crippen LogP contribution in [0.25, 0.3) is 0 Å². The fourth-order valence-corrected chi connectivity index (χ4v) is 4.91. The van der Waals surface area contributed by atoms with Gasteiger partial charge >= 0.3 is 6.18 Å². The molecule has 0 spiro atoms. The maximum Gasteiger partial charge on any atom is 0.417 e. The van der Waals surface area contributed by atoms with Gasteiger partial charge in [-0.2, -0.15) is 13.2 Å². The van der Waals surface area contributed by atoms with Crippen molar-refractivity contribution in [3.8, 4) is 0 Å². The number of anilines is 1. The third kappa shape index (κ3) is 6.16. The number of alkyl halides is 3. The zero-order valence-corrected chi connectivity index (χ0v) is 19.1. The molecule has 10 heteroatoms. The Kier molecular flexibility index (Phi) is 7.39. The molecule has 0 aromatic heterocycles. The molecule has 0 radical (unpaired) electrons. The molecule has 0 saturated carbocycles. The summed E-state index contributed by atoms with van der Waals surface area (Å²) < 4.78 is 64.9. The van der Waals surface area contributed by atoms with Gasteiger partial charge in [0.15, 0.2) is 0 Å². The van der Waals surface area contributed by atoms with E-state index in [1.165, 1.54) is 5.56 Å². The second kappa shape index (κ2) is 9.70. The van der Waals surface area contributed by atoms with Gasteiger partial charge in [0.2, 0.25) is 15.9 Å². The molecule has 1 aliphatic rings. The van der Waals surface area contributed by atoms with Crippen LogP contribution in [0.3, 0.4) is 0 Å². The molecule has 0 aliphatic carbocycles. The van der Waals surface area contributed by atoms with Crippen LogP contribution in [0.4, 0.5) is 18.9 Å². The second-order valence-corrected chi connectivity index (χ2v) is 10.3. The van der Waals surface area contributed by atoms with E-state index in [0.29, 0.717) is 29.4 Å². The summed E-state index contributed by atoms with van der Waals surface area (Å²) in [6.07, 6.45) is -1.43. The minimum absolute atomic E-state index is 0.253. The summed E-state index contributed by atoms with van der Waals surface area (Å²) in [5.74, 6) is -0.0323. The summed E-state index contributed by atoms with van der Waals surface area (Å²) in [5.41, 5.74) is -0.181. The van der Waals surface area contributed by atoms with Crippen molar-refractivity contribution in [2.75, 3.05) is 30.2 Å². The van der Waals surface area contributed by atoms with Crippen molar-refractivity contribution in [3.05, 3.63) is 64.7 Å². The van der Waals surface area contributed by atoms with Gasteiger partial charge in [-0.05, 0) is 48.9 Å². The Hall–Kier alpha value is -2.26. The highest BCUT2D eigenvalue weighted by atomic mass is 35.5. The second-order valence-electron chi connectivity index (χ2n) is 7.95. The smallest absolute Gasteiger partial charge is 0.341 e. The van der Waals surface area contributed by atoms with E-state index in [9.17, 15) is 26.4 Å². The van der Waals surface area contributed by atoms with E-state index in [1.807, 2.05) is 18.2 Å². The van der Waals surface area contributed by atoms with Gasteiger partial charge in [-0.1, -0.05) is 41.9 Å². The number of sulfonamides is 1. The highest BCUT2D eigenvalue weighted by molar-refractivity contribution is 7.92. The first-order chi connectivity index (χ1) is 14.9. The van der Waals surface area contributed by atoms with Crippen molar-refractivity contribution in [2.24, 2.45) is 5.92 Å². The van der Waals surface area contributed by atoms with Crippen LogP contribution in [-0.4, -0.2) is 45.1 Å². The minimum Gasteiger partial charge on any atom is -0.341 e. The Labute approximate surface area is 190 Å². The van der Waals surface area contributed by atoms with Crippen LogP contribution in [0.15, 0.2) is 48.5 Å². The molecule has 0 atom stereocenters. The molecular weight excluding hydrogens is 465 g/mol. The topological polar surface area (TPSA) is 57.7 Å². The number of carbonyl (C=O) groups excluding carboxylic acids is 1. The number of benzene rings is 2. The SMILES string of the molecule is CS(=O)(=O)N(CC(=O)N1CCC(Cc2ccccc2)CC1)c1ccc(Cl)c(C(F)(F)F)c1. The fourth-order valence-electron chi connectivity index (χ4n) is 3.84. The summed E-state index contributed by atoms with van der Waals surface area (Å²) in [6, 6.07) is 12.8. The molecule has 5 nitrogen and oxygen atoms in total. The molecule has 1 heterocycles. The Morgan fingerprint density at radius 2 is 1.75 bits per heavy atom. The maximum atomic E-state index is 13.2. The van der Waals surface area contributed by atoms with Crippen molar-refractivity contribution in [2.45, 2.75) is 25.4 Å². The first kappa shape index (κ1) is 24.4. The summed E-state index contributed by atoms with van der Waals surface area (Å²) >= 11 is 5.64. The molecule has 1 saturated heterocycles. The van der Waals surface area contributed by atoms with Crippen LogP contribution in [0.2, 0.25) is 5.02 Å². The van der Waals surface area contributed by atoms with Crippen LogP contribution in [-0.2, 0) is 27.4 Å². The number of hydrogen-bond acceptors (Lipinski definition) is 3. The Balaban J connectivity index is 1.69. The monoisotopic (exact) mass is 488 g/mol. The summed E-state index contributed by atoms with van der Waals surface area (Å²) in [6.45, 7) is 0.381. The summed E-state index contributed by atoms with van der Waals surface area (Å²) in [7, 11) is -4.00. The molecular formula is C22H24ClF3N2O3S. The lowest BCUT2D eigenvalue weighted by Crippen LogP contribution is -2.46. The highest BCUT2D eigenvalue weighted by Crippen LogP contribution is 2.37. The highest BCUT2D eigenvalue weighted by Gasteiger charge is 2.35. The lowest BCUT2D eigenvalue weighted by molar-refractivity contribution is -0.137. The van der Waals surface area contributed by atoms with Gasteiger partial charge in [0, 0.05) is 13.1 Å². The molecule has 0 N–H and O–H groups in total. The van der Waals surface area contributed by atoms with Gasteiger partial charge in [0.1, 0.15) is 6.54 Å². The number of piperidine rings is 1. The van der Waals surface area contributed by atoms with Crippen molar-refractivity contribution in [1.29, 1.82) is 0 Å². The van der Waals surface area contributed by atoms with Crippen molar-refractivity contribution >= 4 is 33.2 Å². The quantitative estimate of drug-likeness (QED) is 0.597. The van der Waals surface area contributed by atoms with Crippen LogP contribution in [0.5, 0.6) is 0 Å². The largest absolute Gasteiger partial charge is 0.417 e. The number of amides is 1. The average Bonchev–Trinajstić information content (AvgIpc) is 2.72. The Morgan fingerprint density at radius 3 is 2.31 bits per heavy atom. The summed E-state index contributed by atoms with van der Waals surface area (Å²) in [5, 5.41) is -0.540. The van der Waals surface area contributed by atoms with Gasteiger partial charge in [-0.25, -0.2) is 8.42 Å². The summed E-state index contributed by atoms with van der Waals surface area (Å²) in [4.78, 5) is 14.4. The van der Waals surface area contributed by atoms with Gasteiger partial charge in [0.25, 0.3) is 0 Å². The van der Waals surface area contributed by atoms with Crippen molar-refractivity contribution < 1.29 is 26.4 Å². The predicted octanol–water partition coefficient (Wildman–Crippen LogP) is 4.61. The average molecular weight is 489 g/mol. The molecule has 1 fully saturated rings. The molecule has 174 valence electrons. The molecule has 0 bridgehead atoms. The molecule has 2 aromatic carbocycles. The van der Waals surface area contributed by atoms with E-state index >= 15 is 0 Å². The van der Waals surface area contributed by atoms with E-state index in [1.54, 1.807) is 4.90 Å². The molecule has 1 aliphatic heterocycles. The van der Waals surface area contributed by atoms with E-state index in [-0.39, 0.29) is 5.69 Å². The lowest BCUT2D eigenvalue weighted by atomic mass is 9.90. The van der Waals surface area contributed by atoms with Gasteiger partial charge in [-0.15, -0.1) is 0 Å². The van der Waals surface area contributed by atoms with E-state index in [2.05, 4.69) is 12.1 Å². The van der Waals surface area contributed by atoms with Crippen LogP contribution in [0.1, 0.15) is 24.0 Å². The predicted molar refractivity (Wildman–Crippen MR) is 118 cm³/mol. The third-order valence-corrected chi connectivity index (χ3v) is 7.03. The number of likely N-dealkylation sites (tertiary alicyclic amines) is 1. The molecule has 32 heavy (non-hydrogen) atoms. The first-order valence-electron chi connectivity index (χ1n) is 10.1. The van der Waals surface area contributed by atoms with Crippen LogP contribution in [0, 0.1) is 5.92 Å². The number of halogens is 4. The maximum absolute atomic E-state index is 13.2. The number of hydrogen-bond donors (Lipinski definition) is 0. The molecule has 2 aromatic rings. The number of nitrogens with zero attached hydrogens (tertiary/aromatic N) is 2. The Morgan fingerprint density at radius 1 is 1.12 bits per heavy atom. The minimum atomic E-state index is -4.75. The third-order valence-electron chi connectivity index (χ3n) is 5.56. The van der Waals surface area contributed by atoms with Crippen LogP contribution < -0.4 is 4.31 Å². The standard InChI is InChI=1S/C22H24ClF3N2O3S/c1-32(30,31)28(18-7-8-20(23)19(14-18)22(24,25)26)15-21(29)27-11-9-17(10-12-27)13-16-5-3-2-4-6-16/h2-8,14,17H,9-13,15H2,1H3. The Bertz CT molecular complexity index is 1050.